The number of rotatable bonds is 28. The van der Waals surface area contributed by atoms with Gasteiger partial charge in [0, 0.05) is 97.3 Å². The minimum atomic E-state index is -4.86. The summed E-state index contributed by atoms with van der Waals surface area (Å²) >= 11 is 0. The summed E-state index contributed by atoms with van der Waals surface area (Å²) in [5, 5.41) is 8.22. The van der Waals surface area contributed by atoms with E-state index in [9.17, 15) is 51.5 Å². The van der Waals surface area contributed by atoms with Crippen LogP contribution in [0.25, 0.3) is 22.5 Å². The normalized spacial score (nSPS) is 13.9. The van der Waals surface area contributed by atoms with Crippen LogP contribution in [-0.4, -0.2) is 88.9 Å². The quantitative estimate of drug-likeness (QED) is 0.0123. The van der Waals surface area contributed by atoms with Crippen LogP contribution in [0.3, 0.4) is 0 Å². The third-order valence-electron chi connectivity index (χ3n) is 12.9. The van der Waals surface area contributed by atoms with Crippen LogP contribution in [0, 0.1) is 31.1 Å². The third kappa shape index (κ3) is 17.8. The Labute approximate surface area is 454 Å². The van der Waals surface area contributed by atoms with Gasteiger partial charge < -0.3 is 41.1 Å². The van der Waals surface area contributed by atoms with Crippen LogP contribution in [-0.2, 0) is 57.3 Å². The average molecular weight is 1080 g/mol. The smallest absolute Gasteiger partial charge is 0.417 e. The highest BCUT2D eigenvalue weighted by atomic mass is 19.4. The molecule has 0 aliphatic carbocycles. The Morgan fingerprint density at radius 2 is 1.35 bits per heavy atom. The van der Waals surface area contributed by atoms with E-state index in [-0.39, 0.29) is 111 Å². The number of amides is 4. The molecule has 0 unspecified atom stereocenters. The number of ketones is 2. The lowest BCUT2D eigenvalue weighted by atomic mass is 9.92. The van der Waals surface area contributed by atoms with E-state index in [1.54, 1.807) is 55.5 Å². The molecular formula is C60H61F3N6O10. The van der Waals surface area contributed by atoms with Crippen LogP contribution in [0.15, 0.2) is 133 Å². The molecule has 4 amide bonds. The predicted molar refractivity (Wildman–Crippen MR) is 288 cm³/mol. The lowest BCUT2D eigenvalue weighted by molar-refractivity contribution is -0.138. The highest BCUT2D eigenvalue weighted by Gasteiger charge is 2.35. The van der Waals surface area contributed by atoms with Crippen molar-refractivity contribution < 1.29 is 61.0 Å². The van der Waals surface area contributed by atoms with Crippen molar-refractivity contribution in [2.75, 3.05) is 19.8 Å². The van der Waals surface area contributed by atoms with Gasteiger partial charge in [-0.3, -0.25) is 28.8 Å². The Morgan fingerprint density at radius 1 is 0.747 bits per heavy atom. The highest BCUT2D eigenvalue weighted by molar-refractivity contribution is 5.99. The molecule has 0 fully saturated rings. The topological polar surface area (TPSA) is 249 Å². The Morgan fingerprint density at radius 3 is 1.97 bits per heavy atom. The first-order chi connectivity index (χ1) is 37.8. The van der Waals surface area contributed by atoms with E-state index >= 15 is 0 Å². The zero-order valence-electron chi connectivity index (χ0n) is 43.6. The Bertz CT molecular complexity index is 3170. The van der Waals surface area contributed by atoms with Crippen LogP contribution in [0.5, 0.6) is 0 Å². The minimum Gasteiger partial charge on any atom is -0.463 e. The molecule has 0 radical (unpaired) electrons. The van der Waals surface area contributed by atoms with Gasteiger partial charge in [0.25, 0.3) is 0 Å². The second-order valence-corrected chi connectivity index (χ2v) is 18.8. The number of benzene rings is 3. The van der Waals surface area contributed by atoms with Gasteiger partial charge in [-0.25, -0.2) is 9.59 Å². The minimum absolute atomic E-state index is 0.0242. The van der Waals surface area contributed by atoms with E-state index in [2.05, 4.69) is 31.8 Å². The van der Waals surface area contributed by atoms with Gasteiger partial charge in [0.05, 0.1) is 42.1 Å². The summed E-state index contributed by atoms with van der Waals surface area (Å²) in [5.41, 5.74) is 8.10. The van der Waals surface area contributed by atoms with Crippen LogP contribution in [0.1, 0.15) is 88.7 Å². The summed E-state index contributed by atoms with van der Waals surface area (Å²) in [6.45, 7) is 3.60. The van der Waals surface area contributed by atoms with Crippen LogP contribution < -0.4 is 21.7 Å². The first-order valence-corrected chi connectivity index (χ1v) is 25.6. The van der Waals surface area contributed by atoms with Gasteiger partial charge in [0.15, 0.2) is 11.6 Å². The molecule has 412 valence electrons. The molecule has 0 saturated carbocycles. The standard InChI is InChI=1S/C60H61F3N6O10/c1-4-11-40(35-52(70)50-23-21-48(68-50)45-15-10-9-12-37(45)3)58(76)67-44(34-41-28-30-65-57(41)75)19-27-56(74)79-31-29-39-16-20-46(47(33-39)60(61,62)63)49-22-24-51(69-49)53(71)36-42(32-38-13-7-6-8-14-38)59(77)66-43(17-25-54(64)72)18-26-55(73)78-5-2/h1,6-10,12-16,18-24,26-28,33,40,42-44,68-69H,5,11,17,25,29-32,34-36H2,2-3H3,(H2,64,72)(H,65,75)(H,66,77)(H,67,76)/b26-18+,27-19+/t40-,42-,43+,44-/m1/s1. The number of alkyl halides is 3. The number of carbonyl (C=O) groups excluding carboxylic acids is 8. The Balaban J connectivity index is 1.10. The molecule has 0 saturated heterocycles. The van der Waals surface area contributed by atoms with Gasteiger partial charge in [-0.15, -0.1) is 12.3 Å². The summed E-state index contributed by atoms with van der Waals surface area (Å²) in [6, 6.07) is 24.3. The molecule has 2 aromatic heterocycles. The fraction of sp³-hybridized carbons (Fsp3) is 0.300. The lowest BCUT2D eigenvalue weighted by Crippen LogP contribution is -2.40. The van der Waals surface area contributed by atoms with Gasteiger partial charge >= 0.3 is 18.1 Å². The van der Waals surface area contributed by atoms with Crippen LogP contribution in [0.2, 0.25) is 0 Å². The van der Waals surface area contributed by atoms with Gasteiger partial charge in [-0.05, 0) is 73.7 Å². The monoisotopic (exact) mass is 1080 g/mol. The molecule has 7 N–H and O–H groups in total. The van der Waals surface area contributed by atoms with Gasteiger partial charge in [-0.2, -0.15) is 13.2 Å². The van der Waals surface area contributed by atoms with Crippen molar-refractivity contribution in [1.82, 2.24) is 25.9 Å². The number of primary amides is 1. The number of esters is 2. The predicted octanol–water partition coefficient (Wildman–Crippen LogP) is 7.79. The molecule has 1 aliphatic heterocycles. The molecule has 5 aromatic rings. The van der Waals surface area contributed by atoms with Crippen molar-refractivity contribution in [3.63, 3.8) is 0 Å². The maximum absolute atomic E-state index is 14.7. The summed E-state index contributed by atoms with van der Waals surface area (Å²) < 4.78 is 54.4. The number of carbonyl (C=O) groups is 8. The van der Waals surface area contributed by atoms with E-state index in [1.165, 1.54) is 36.4 Å². The number of nitrogens with one attached hydrogen (secondary N) is 5. The number of nitrogens with two attached hydrogens (primary N) is 1. The SMILES string of the molecule is C#CC[C@H](CC(=O)c1ccc(-c2ccccc2C)[nH]1)C(=O)N[C@H](/C=C/C(=O)OCCc1ccc(-c2ccc(C(=O)C[C@@H](Cc3ccccc3)C(=O)N[C@H](/C=C/C(=O)OCC)CCC(N)=O)[nH]2)c(C(F)(F)F)c1)CC1=CCNC1=O. The number of aromatic amines is 2. The summed E-state index contributed by atoms with van der Waals surface area (Å²) in [5.74, 6) is -4.17. The zero-order chi connectivity index (χ0) is 57.1. The van der Waals surface area contributed by atoms with Crippen molar-refractivity contribution in [2.24, 2.45) is 17.6 Å². The molecule has 3 aromatic carbocycles. The van der Waals surface area contributed by atoms with Crippen LogP contribution in [0.4, 0.5) is 13.2 Å². The molecule has 79 heavy (non-hydrogen) atoms. The van der Waals surface area contributed by atoms with Crippen molar-refractivity contribution in [3.05, 3.63) is 167 Å². The van der Waals surface area contributed by atoms with Gasteiger partial charge in [-0.1, -0.05) is 85.0 Å². The van der Waals surface area contributed by atoms with E-state index in [0.29, 0.717) is 5.57 Å². The van der Waals surface area contributed by atoms with Crippen molar-refractivity contribution in [2.45, 2.75) is 83.5 Å². The largest absolute Gasteiger partial charge is 0.463 e. The zero-order valence-corrected chi connectivity index (χ0v) is 43.6. The molecule has 0 spiro atoms. The highest BCUT2D eigenvalue weighted by Crippen LogP contribution is 2.38. The maximum atomic E-state index is 14.7. The first kappa shape index (κ1) is 59.2. The summed E-state index contributed by atoms with van der Waals surface area (Å²) in [4.78, 5) is 110. The molecule has 16 nitrogen and oxygen atoms in total. The maximum Gasteiger partial charge on any atom is 0.417 e. The van der Waals surface area contributed by atoms with Gasteiger partial charge in [0.1, 0.15) is 0 Å². The number of hydrogen-bond acceptors (Lipinski definition) is 10. The number of Topliss-reactive ketones (excluding diaryl/α,β-unsaturated/α-hetero) is 2. The second kappa shape index (κ2) is 28.4. The Kier molecular flexibility index (Phi) is 21.3. The molecule has 6 rings (SSSR count). The third-order valence-corrected chi connectivity index (χ3v) is 12.9. The average Bonchev–Trinajstić information content (AvgIpc) is 4.27. The van der Waals surface area contributed by atoms with Crippen molar-refractivity contribution >= 4 is 47.1 Å². The molecule has 19 heteroatoms. The second-order valence-electron chi connectivity index (χ2n) is 18.8. The van der Waals surface area contributed by atoms with Crippen molar-refractivity contribution in [1.29, 1.82) is 0 Å². The number of halogens is 3. The van der Waals surface area contributed by atoms with E-state index in [1.807, 2.05) is 31.2 Å². The Hall–Kier alpha value is -9.05. The van der Waals surface area contributed by atoms with Crippen molar-refractivity contribution in [3.8, 4) is 34.9 Å². The fourth-order valence-corrected chi connectivity index (χ4v) is 8.81. The lowest BCUT2D eigenvalue weighted by Gasteiger charge is -2.20. The molecule has 3 heterocycles. The number of terminal acetylenes is 1. The number of H-pyrrole nitrogens is 2. The molecule has 1 aliphatic rings. The molecular weight excluding hydrogens is 1020 g/mol. The number of ether oxygens (including phenoxy) is 2. The summed E-state index contributed by atoms with van der Waals surface area (Å²) in [6.07, 6.45) is 6.40. The molecule has 4 atom stereocenters. The number of aryl methyl sites for hydroxylation is 1. The number of hydrogen-bond donors (Lipinski definition) is 6. The summed E-state index contributed by atoms with van der Waals surface area (Å²) in [7, 11) is 0. The first-order valence-electron chi connectivity index (χ1n) is 25.6. The fourth-order valence-electron chi connectivity index (χ4n) is 8.81. The van der Waals surface area contributed by atoms with Crippen LogP contribution >= 0.6 is 0 Å². The van der Waals surface area contributed by atoms with E-state index in [0.717, 1.165) is 40.6 Å². The van der Waals surface area contributed by atoms with E-state index < -0.39 is 71.1 Å². The van der Waals surface area contributed by atoms with E-state index in [4.69, 9.17) is 21.6 Å². The molecule has 0 bridgehead atoms. The van der Waals surface area contributed by atoms with Gasteiger partial charge in [0.2, 0.25) is 23.6 Å². The number of aromatic nitrogens is 2.